The van der Waals surface area contributed by atoms with Gasteiger partial charge < -0.3 is 10.1 Å². The molecule has 0 heterocycles. The number of hydrogen-bond acceptors (Lipinski definition) is 3. The Morgan fingerprint density at radius 3 is 2.75 bits per heavy atom. The minimum atomic E-state index is -0.262. The fraction of sp³-hybridized carbons (Fsp3) is 0.364. The number of carbonyl (C=O) groups excluding carboxylic acids is 1. The zero-order valence-corrected chi connectivity index (χ0v) is 10.4. The van der Waals surface area contributed by atoms with E-state index in [-0.39, 0.29) is 12.5 Å². The summed E-state index contributed by atoms with van der Waals surface area (Å²) in [6.07, 6.45) is 0. The Labute approximate surface area is 105 Å². The van der Waals surface area contributed by atoms with Gasteiger partial charge in [0.2, 0.25) is 0 Å². The van der Waals surface area contributed by atoms with Gasteiger partial charge in [0.15, 0.2) is 0 Å². The smallest absolute Gasteiger partial charge is 0.319 e. The molecule has 1 aromatic rings. The molecule has 0 spiro atoms. The molecule has 0 aliphatic heterocycles. The summed E-state index contributed by atoms with van der Waals surface area (Å²) >= 11 is 11.6. The highest BCUT2D eigenvalue weighted by molar-refractivity contribution is 6.42. The summed E-state index contributed by atoms with van der Waals surface area (Å²) in [6.45, 7) is 2.91. The van der Waals surface area contributed by atoms with E-state index < -0.39 is 0 Å². The van der Waals surface area contributed by atoms with Gasteiger partial charge in [-0.15, -0.1) is 0 Å². The lowest BCUT2D eigenvalue weighted by atomic mass is 10.2. The molecular weight excluding hydrogens is 249 g/mol. The number of halogens is 2. The summed E-state index contributed by atoms with van der Waals surface area (Å²) in [4.78, 5) is 11.0. The predicted molar refractivity (Wildman–Crippen MR) is 64.8 cm³/mol. The quantitative estimate of drug-likeness (QED) is 0.829. The normalized spacial score (nSPS) is 10.2. The molecule has 1 aromatic carbocycles. The van der Waals surface area contributed by atoms with Crippen LogP contribution < -0.4 is 5.32 Å². The van der Waals surface area contributed by atoms with E-state index in [1.807, 2.05) is 6.07 Å². The van der Waals surface area contributed by atoms with Crippen molar-refractivity contribution in [2.45, 2.75) is 13.5 Å². The van der Waals surface area contributed by atoms with Crippen LogP contribution >= 0.6 is 23.2 Å². The Morgan fingerprint density at radius 1 is 1.38 bits per heavy atom. The average Bonchev–Trinajstić information content (AvgIpc) is 2.24. The first-order valence-corrected chi connectivity index (χ1v) is 5.69. The lowest BCUT2D eigenvalue weighted by Crippen LogP contribution is -2.24. The van der Waals surface area contributed by atoms with Gasteiger partial charge in [-0.2, -0.15) is 0 Å². The van der Waals surface area contributed by atoms with Crippen molar-refractivity contribution in [1.29, 1.82) is 0 Å². The number of hydrogen-bond donors (Lipinski definition) is 1. The Hall–Kier alpha value is -0.770. The Balaban J connectivity index is 2.37. The highest BCUT2D eigenvalue weighted by Gasteiger charge is 2.02. The van der Waals surface area contributed by atoms with Gasteiger partial charge >= 0.3 is 5.97 Å². The third-order valence-electron chi connectivity index (χ3n) is 1.89. The van der Waals surface area contributed by atoms with Crippen LogP contribution in [0.15, 0.2) is 18.2 Å². The van der Waals surface area contributed by atoms with E-state index in [1.54, 1.807) is 19.1 Å². The van der Waals surface area contributed by atoms with Crippen LogP contribution in [-0.4, -0.2) is 19.1 Å². The molecule has 0 saturated heterocycles. The van der Waals surface area contributed by atoms with Crippen LogP contribution in [-0.2, 0) is 16.1 Å². The van der Waals surface area contributed by atoms with Crippen LogP contribution in [0, 0.1) is 0 Å². The highest BCUT2D eigenvalue weighted by atomic mass is 35.5. The summed E-state index contributed by atoms with van der Waals surface area (Å²) in [6, 6.07) is 5.35. The Morgan fingerprint density at radius 2 is 2.12 bits per heavy atom. The first kappa shape index (κ1) is 13.3. The van der Waals surface area contributed by atoms with E-state index in [2.05, 4.69) is 5.32 Å². The molecule has 0 aliphatic carbocycles. The van der Waals surface area contributed by atoms with Crippen LogP contribution in [0.4, 0.5) is 0 Å². The molecule has 0 aliphatic rings. The third kappa shape index (κ3) is 4.39. The second-order valence-corrected chi connectivity index (χ2v) is 3.97. The van der Waals surface area contributed by atoms with Gasteiger partial charge in [0.25, 0.3) is 0 Å². The molecule has 0 atom stereocenters. The molecule has 0 amide bonds. The lowest BCUT2D eigenvalue weighted by Gasteiger charge is -2.05. The van der Waals surface area contributed by atoms with Crippen molar-refractivity contribution in [3.05, 3.63) is 33.8 Å². The number of benzene rings is 1. The number of nitrogens with one attached hydrogen (secondary N) is 1. The molecule has 5 heteroatoms. The first-order valence-electron chi connectivity index (χ1n) is 4.93. The summed E-state index contributed by atoms with van der Waals surface area (Å²) in [5.41, 5.74) is 0.971. The Bertz CT molecular complexity index is 369. The molecule has 0 radical (unpaired) electrons. The molecule has 16 heavy (non-hydrogen) atoms. The van der Waals surface area contributed by atoms with Crippen LogP contribution in [0.3, 0.4) is 0 Å². The lowest BCUT2D eigenvalue weighted by molar-refractivity contribution is -0.142. The Kier molecular flexibility index (Phi) is 5.60. The van der Waals surface area contributed by atoms with E-state index in [0.717, 1.165) is 5.56 Å². The monoisotopic (exact) mass is 261 g/mol. The molecule has 0 aromatic heterocycles. The zero-order chi connectivity index (χ0) is 12.0. The third-order valence-corrected chi connectivity index (χ3v) is 2.63. The SMILES string of the molecule is CCOC(=O)CNCc1ccc(Cl)c(Cl)c1. The average molecular weight is 262 g/mol. The van der Waals surface area contributed by atoms with Crippen molar-refractivity contribution < 1.29 is 9.53 Å². The van der Waals surface area contributed by atoms with Crippen LogP contribution in [0.1, 0.15) is 12.5 Å². The van der Waals surface area contributed by atoms with Gasteiger partial charge in [-0.25, -0.2) is 0 Å². The molecular formula is C11H13Cl2NO2. The van der Waals surface area contributed by atoms with Gasteiger partial charge in [-0.05, 0) is 24.6 Å². The second kappa shape index (κ2) is 6.74. The summed E-state index contributed by atoms with van der Waals surface area (Å²) in [5, 5.41) is 3.99. The molecule has 1 rings (SSSR count). The van der Waals surface area contributed by atoms with Crippen LogP contribution in [0.5, 0.6) is 0 Å². The van der Waals surface area contributed by atoms with E-state index in [9.17, 15) is 4.79 Å². The van der Waals surface area contributed by atoms with Crippen molar-refractivity contribution in [2.75, 3.05) is 13.2 Å². The highest BCUT2D eigenvalue weighted by Crippen LogP contribution is 2.22. The molecule has 0 unspecified atom stereocenters. The van der Waals surface area contributed by atoms with Crippen LogP contribution in [0.2, 0.25) is 10.0 Å². The molecule has 3 nitrogen and oxygen atoms in total. The van der Waals surface area contributed by atoms with Crippen molar-refractivity contribution in [3.8, 4) is 0 Å². The minimum Gasteiger partial charge on any atom is -0.465 e. The minimum absolute atomic E-state index is 0.189. The standard InChI is InChI=1S/C11H13Cl2NO2/c1-2-16-11(15)7-14-6-8-3-4-9(12)10(13)5-8/h3-5,14H,2,6-7H2,1H3. The number of carbonyl (C=O) groups is 1. The van der Waals surface area contributed by atoms with E-state index in [4.69, 9.17) is 27.9 Å². The van der Waals surface area contributed by atoms with Crippen molar-refractivity contribution in [3.63, 3.8) is 0 Å². The molecule has 0 fully saturated rings. The maximum atomic E-state index is 11.0. The second-order valence-electron chi connectivity index (χ2n) is 3.16. The van der Waals surface area contributed by atoms with Crippen LogP contribution in [0.25, 0.3) is 0 Å². The van der Waals surface area contributed by atoms with Crippen molar-refractivity contribution in [1.82, 2.24) is 5.32 Å². The molecule has 0 bridgehead atoms. The maximum Gasteiger partial charge on any atom is 0.319 e. The van der Waals surface area contributed by atoms with Gasteiger partial charge in [0.1, 0.15) is 0 Å². The predicted octanol–water partition coefficient (Wildman–Crippen LogP) is 2.65. The van der Waals surface area contributed by atoms with E-state index >= 15 is 0 Å². The van der Waals surface area contributed by atoms with Gasteiger partial charge in [0, 0.05) is 6.54 Å². The zero-order valence-electron chi connectivity index (χ0n) is 8.93. The van der Waals surface area contributed by atoms with E-state index in [0.29, 0.717) is 23.2 Å². The van der Waals surface area contributed by atoms with Gasteiger partial charge in [-0.1, -0.05) is 29.3 Å². The fourth-order valence-electron chi connectivity index (χ4n) is 1.17. The van der Waals surface area contributed by atoms with Gasteiger partial charge in [0.05, 0.1) is 23.2 Å². The fourth-order valence-corrected chi connectivity index (χ4v) is 1.49. The maximum absolute atomic E-state index is 11.0. The molecule has 0 saturated carbocycles. The summed E-state index contributed by atoms with van der Waals surface area (Å²) in [7, 11) is 0. The summed E-state index contributed by atoms with van der Waals surface area (Å²) < 4.78 is 4.77. The summed E-state index contributed by atoms with van der Waals surface area (Å²) in [5.74, 6) is -0.262. The van der Waals surface area contributed by atoms with Crippen molar-refractivity contribution in [2.24, 2.45) is 0 Å². The largest absolute Gasteiger partial charge is 0.465 e. The topological polar surface area (TPSA) is 38.3 Å². The molecule has 88 valence electrons. The number of ether oxygens (including phenoxy) is 1. The molecule has 1 N–H and O–H groups in total. The van der Waals surface area contributed by atoms with E-state index in [1.165, 1.54) is 0 Å². The first-order chi connectivity index (χ1) is 7.63. The van der Waals surface area contributed by atoms with Crippen molar-refractivity contribution >= 4 is 29.2 Å². The number of rotatable bonds is 5. The van der Waals surface area contributed by atoms with Gasteiger partial charge in [-0.3, -0.25) is 4.79 Å². The number of esters is 1.